The lowest BCUT2D eigenvalue weighted by atomic mass is 9.83. The van der Waals surface area contributed by atoms with Crippen molar-refractivity contribution in [3.63, 3.8) is 0 Å². The van der Waals surface area contributed by atoms with Gasteiger partial charge in [-0.1, -0.05) is 17.7 Å². The van der Waals surface area contributed by atoms with E-state index in [1.54, 1.807) is 31.2 Å². The van der Waals surface area contributed by atoms with Gasteiger partial charge in [-0.05, 0) is 25.1 Å². The summed E-state index contributed by atoms with van der Waals surface area (Å²) in [6, 6.07) is 4.49. The van der Waals surface area contributed by atoms with Crippen molar-refractivity contribution in [3.8, 4) is 5.75 Å². The van der Waals surface area contributed by atoms with Gasteiger partial charge in [0.2, 0.25) is 0 Å². The molecule has 2 N–H and O–H groups in total. The molecule has 1 aromatic carbocycles. The Hall–Kier alpha value is -2.10. The number of hydrogen-bond donors (Lipinski definition) is 1. The number of ether oxygens (including phenoxy) is 1. The van der Waals surface area contributed by atoms with Crippen molar-refractivity contribution in [2.45, 2.75) is 12.8 Å². The predicted octanol–water partition coefficient (Wildman–Crippen LogP) is 2.29. The van der Waals surface area contributed by atoms with Gasteiger partial charge in [0, 0.05) is 5.56 Å². The molecule has 0 spiro atoms. The number of carbonyl (C=O) groups excluding carboxylic acids is 1. The van der Waals surface area contributed by atoms with Crippen LogP contribution in [0.1, 0.15) is 18.4 Å². The van der Waals surface area contributed by atoms with E-state index >= 15 is 0 Å². The Kier molecular flexibility index (Phi) is 3.19. The highest BCUT2D eigenvalue weighted by molar-refractivity contribution is 6.03. The van der Waals surface area contributed by atoms with Gasteiger partial charge in [0.15, 0.2) is 5.78 Å². The van der Waals surface area contributed by atoms with E-state index < -0.39 is 11.7 Å². The molecule has 1 unspecified atom stereocenters. The summed E-state index contributed by atoms with van der Waals surface area (Å²) in [5, 5.41) is 0. The zero-order chi connectivity index (χ0) is 13.3. The number of Topliss-reactive ketones (excluding diaryl/α,β-unsaturated/α-hetero) is 1. The van der Waals surface area contributed by atoms with E-state index in [4.69, 9.17) is 10.5 Å². The molecule has 1 aliphatic rings. The van der Waals surface area contributed by atoms with E-state index in [-0.39, 0.29) is 17.0 Å². The van der Waals surface area contributed by atoms with Crippen molar-refractivity contribution in [1.82, 2.24) is 0 Å². The second-order valence-electron chi connectivity index (χ2n) is 4.19. The van der Waals surface area contributed by atoms with Crippen molar-refractivity contribution >= 4 is 5.78 Å². The fourth-order valence-corrected chi connectivity index (χ4v) is 2.11. The van der Waals surface area contributed by atoms with Crippen molar-refractivity contribution in [2.24, 2.45) is 5.73 Å². The Morgan fingerprint density at radius 1 is 1.33 bits per heavy atom. The lowest BCUT2D eigenvalue weighted by Gasteiger charge is -2.22. The second kappa shape index (κ2) is 4.64. The van der Waals surface area contributed by atoms with Gasteiger partial charge in [0.25, 0.3) is 0 Å². The van der Waals surface area contributed by atoms with Crippen LogP contribution in [-0.2, 0) is 4.79 Å². The molecule has 0 bridgehead atoms. The number of carbonyl (C=O) groups is 1. The molecule has 18 heavy (non-hydrogen) atoms. The van der Waals surface area contributed by atoms with E-state index in [1.165, 1.54) is 13.2 Å². The van der Waals surface area contributed by atoms with E-state index in [2.05, 4.69) is 0 Å². The summed E-state index contributed by atoms with van der Waals surface area (Å²) in [5.41, 5.74) is 6.74. The highest BCUT2D eigenvalue weighted by atomic mass is 19.1. The van der Waals surface area contributed by atoms with Gasteiger partial charge in [-0.2, -0.15) is 0 Å². The second-order valence-corrected chi connectivity index (χ2v) is 4.19. The van der Waals surface area contributed by atoms with E-state index in [1.807, 2.05) is 0 Å². The number of nitrogens with two attached hydrogens (primary N) is 1. The van der Waals surface area contributed by atoms with Gasteiger partial charge in [0.1, 0.15) is 11.6 Å². The minimum Gasteiger partial charge on any atom is -0.496 e. The maximum absolute atomic E-state index is 14.0. The average Bonchev–Trinajstić information content (AvgIpc) is 2.36. The van der Waals surface area contributed by atoms with E-state index in [9.17, 15) is 9.18 Å². The minimum atomic E-state index is -0.703. The Morgan fingerprint density at radius 3 is 2.72 bits per heavy atom. The number of methoxy groups -OCH3 is 1. The van der Waals surface area contributed by atoms with Gasteiger partial charge in [-0.3, -0.25) is 4.79 Å². The quantitative estimate of drug-likeness (QED) is 0.872. The third-order valence-corrected chi connectivity index (χ3v) is 3.05. The number of ketones is 1. The van der Waals surface area contributed by atoms with Gasteiger partial charge >= 0.3 is 0 Å². The van der Waals surface area contributed by atoms with Crippen molar-refractivity contribution in [2.75, 3.05) is 7.11 Å². The Morgan fingerprint density at radius 2 is 2.06 bits per heavy atom. The van der Waals surface area contributed by atoms with Crippen LogP contribution >= 0.6 is 0 Å². The topological polar surface area (TPSA) is 52.3 Å². The molecule has 0 aromatic heterocycles. The Balaban J connectivity index is 2.59. The molecule has 0 radical (unpaired) electrons. The van der Waals surface area contributed by atoms with Crippen molar-refractivity contribution in [1.29, 1.82) is 0 Å². The lowest BCUT2D eigenvalue weighted by molar-refractivity contribution is -0.116. The highest BCUT2D eigenvalue weighted by Gasteiger charge is 2.31. The number of halogens is 1. The molecule has 1 atom stereocenters. The van der Waals surface area contributed by atoms with Crippen LogP contribution in [0.3, 0.4) is 0 Å². The van der Waals surface area contributed by atoms with Crippen LogP contribution < -0.4 is 10.5 Å². The smallest absolute Gasteiger partial charge is 0.190 e. The summed E-state index contributed by atoms with van der Waals surface area (Å²) in [6.07, 6.45) is 3.27. The summed E-state index contributed by atoms with van der Waals surface area (Å²) >= 11 is 0. The fraction of sp³-hybridized carbons (Fsp3) is 0.214. The standard InChI is InChI=1S/C14H14FNO2/c1-8-6-7-10(16)14(17)12(8)13-9(15)4-3-5-11(13)18-2/h3-7,12H,16H2,1-2H3. The lowest BCUT2D eigenvalue weighted by Crippen LogP contribution is -2.24. The predicted molar refractivity (Wildman–Crippen MR) is 66.7 cm³/mol. The first-order chi connectivity index (χ1) is 8.56. The first kappa shape index (κ1) is 12.4. The number of benzene rings is 1. The van der Waals surface area contributed by atoms with Crippen molar-refractivity contribution < 1.29 is 13.9 Å². The SMILES string of the molecule is COc1cccc(F)c1C1C(=O)C(N)=CC=C1C. The maximum atomic E-state index is 14.0. The average molecular weight is 247 g/mol. The van der Waals surface area contributed by atoms with Crippen LogP contribution in [-0.4, -0.2) is 12.9 Å². The van der Waals surface area contributed by atoms with Crippen LogP contribution in [0.4, 0.5) is 4.39 Å². The summed E-state index contributed by atoms with van der Waals surface area (Å²) in [5.74, 6) is -1.10. The largest absolute Gasteiger partial charge is 0.496 e. The molecule has 0 heterocycles. The summed E-state index contributed by atoms with van der Waals surface area (Å²) in [4.78, 5) is 12.1. The fourth-order valence-electron chi connectivity index (χ4n) is 2.11. The first-order valence-corrected chi connectivity index (χ1v) is 5.56. The van der Waals surface area contributed by atoms with Crippen LogP contribution in [0.25, 0.3) is 0 Å². The normalized spacial score (nSPS) is 19.3. The Labute approximate surface area is 105 Å². The molecular formula is C14H14FNO2. The zero-order valence-electron chi connectivity index (χ0n) is 10.2. The minimum absolute atomic E-state index is 0.135. The molecule has 0 saturated carbocycles. The van der Waals surface area contributed by atoms with Crippen LogP contribution in [0.15, 0.2) is 41.6 Å². The molecule has 2 rings (SSSR count). The summed E-state index contributed by atoms with van der Waals surface area (Å²) in [7, 11) is 1.45. The van der Waals surface area contributed by atoms with Gasteiger partial charge in [0.05, 0.1) is 18.7 Å². The Bertz CT molecular complexity index is 559. The molecule has 3 nitrogen and oxygen atoms in total. The summed E-state index contributed by atoms with van der Waals surface area (Å²) < 4.78 is 19.1. The molecule has 0 fully saturated rings. The zero-order valence-corrected chi connectivity index (χ0v) is 10.2. The molecule has 1 aromatic rings. The molecule has 0 saturated heterocycles. The van der Waals surface area contributed by atoms with E-state index in [0.717, 1.165) is 5.57 Å². The van der Waals surface area contributed by atoms with Gasteiger partial charge in [-0.15, -0.1) is 0 Å². The molecule has 0 amide bonds. The maximum Gasteiger partial charge on any atom is 0.190 e. The first-order valence-electron chi connectivity index (χ1n) is 5.56. The van der Waals surface area contributed by atoms with Crippen molar-refractivity contribution in [3.05, 3.63) is 53.0 Å². The summed E-state index contributed by atoms with van der Waals surface area (Å²) in [6.45, 7) is 1.78. The monoisotopic (exact) mass is 247 g/mol. The third kappa shape index (κ3) is 1.90. The van der Waals surface area contributed by atoms with Crippen LogP contribution in [0.2, 0.25) is 0 Å². The molecule has 94 valence electrons. The number of allylic oxidation sites excluding steroid dienone is 4. The molecular weight excluding hydrogens is 233 g/mol. The highest BCUT2D eigenvalue weighted by Crippen LogP contribution is 2.37. The number of rotatable bonds is 2. The number of hydrogen-bond acceptors (Lipinski definition) is 3. The van der Waals surface area contributed by atoms with Crippen LogP contribution in [0, 0.1) is 5.82 Å². The molecule has 1 aliphatic carbocycles. The van der Waals surface area contributed by atoms with E-state index in [0.29, 0.717) is 5.75 Å². The van der Waals surface area contributed by atoms with Gasteiger partial charge in [-0.25, -0.2) is 4.39 Å². The van der Waals surface area contributed by atoms with Gasteiger partial charge < -0.3 is 10.5 Å². The van der Waals surface area contributed by atoms with Crippen LogP contribution in [0.5, 0.6) is 5.75 Å². The molecule has 4 heteroatoms. The molecule has 0 aliphatic heterocycles. The third-order valence-electron chi connectivity index (χ3n) is 3.05.